The van der Waals surface area contributed by atoms with Gasteiger partial charge in [-0.2, -0.15) is 0 Å². The topological polar surface area (TPSA) is 32.3 Å². The van der Waals surface area contributed by atoms with Crippen molar-refractivity contribution in [3.63, 3.8) is 0 Å². The first-order chi connectivity index (χ1) is 9.17. The number of hydrogen-bond donors (Lipinski definition) is 1. The van der Waals surface area contributed by atoms with E-state index >= 15 is 0 Å². The quantitative estimate of drug-likeness (QED) is 0.565. The first-order valence-corrected chi connectivity index (χ1v) is 7.07. The van der Waals surface area contributed by atoms with Gasteiger partial charge in [-0.3, -0.25) is 4.79 Å². The molecule has 1 amide bonds. The fourth-order valence-corrected chi connectivity index (χ4v) is 2.32. The van der Waals surface area contributed by atoms with Crippen LogP contribution in [0.3, 0.4) is 0 Å². The van der Waals surface area contributed by atoms with E-state index in [1.807, 2.05) is 12.2 Å². The molecule has 1 aliphatic rings. The molecule has 1 N–H and O–H groups in total. The lowest BCUT2D eigenvalue weighted by Crippen LogP contribution is -2.39. The van der Waals surface area contributed by atoms with Crippen LogP contribution < -0.4 is 5.32 Å². The molecule has 0 spiro atoms. The summed E-state index contributed by atoms with van der Waals surface area (Å²) in [7, 11) is 2.11. The monoisotopic (exact) mass is 262 g/mol. The number of rotatable bonds is 7. The van der Waals surface area contributed by atoms with Crippen LogP contribution in [-0.4, -0.2) is 37.5 Å². The van der Waals surface area contributed by atoms with Crippen LogP contribution in [-0.2, 0) is 4.79 Å². The summed E-state index contributed by atoms with van der Waals surface area (Å²) in [5.74, 6) is 0.430. The average Bonchev–Trinajstić information content (AvgIpc) is 2.42. The molecule has 3 nitrogen and oxygen atoms in total. The van der Waals surface area contributed by atoms with Crippen molar-refractivity contribution in [3.05, 3.63) is 37.0 Å². The molecule has 0 radical (unpaired) electrons. The lowest BCUT2D eigenvalue weighted by Gasteiger charge is -2.28. The predicted molar refractivity (Wildman–Crippen MR) is 80.9 cm³/mol. The molecule has 3 heteroatoms. The van der Waals surface area contributed by atoms with E-state index in [-0.39, 0.29) is 11.8 Å². The van der Waals surface area contributed by atoms with E-state index in [0.717, 1.165) is 45.3 Å². The van der Waals surface area contributed by atoms with E-state index in [9.17, 15) is 4.79 Å². The summed E-state index contributed by atoms with van der Waals surface area (Å²) in [5, 5.41) is 3.04. The maximum Gasteiger partial charge on any atom is 0.223 e. The van der Waals surface area contributed by atoms with Gasteiger partial charge in [-0.25, -0.2) is 0 Å². The highest BCUT2D eigenvalue weighted by Crippen LogP contribution is 2.15. The van der Waals surface area contributed by atoms with E-state index in [4.69, 9.17) is 0 Å². The second-order valence-electron chi connectivity index (χ2n) is 5.15. The zero-order valence-electron chi connectivity index (χ0n) is 12.0. The molecule has 1 heterocycles. The number of piperidine rings is 1. The highest BCUT2D eigenvalue weighted by atomic mass is 16.1. The number of nitrogens with zero attached hydrogens (tertiary/aromatic N) is 1. The third kappa shape index (κ3) is 5.88. The molecule has 1 fully saturated rings. The minimum Gasteiger partial charge on any atom is -0.356 e. The minimum absolute atomic E-state index is 0.207. The second-order valence-corrected chi connectivity index (χ2v) is 5.15. The smallest absolute Gasteiger partial charge is 0.223 e. The largest absolute Gasteiger partial charge is 0.356 e. The van der Waals surface area contributed by atoms with Crippen LogP contribution in [0.2, 0.25) is 0 Å². The van der Waals surface area contributed by atoms with E-state index in [0.29, 0.717) is 0 Å². The summed E-state index contributed by atoms with van der Waals surface area (Å²) in [4.78, 5) is 14.2. The zero-order valence-corrected chi connectivity index (χ0v) is 12.0. The summed E-state index contributed by atoms with van der Waals surface area (Å²) in [6.45, 7) is 10.2. The van der Waals surface area contributed by atoms with Crippen molar-refractivity contribution in [2.75, 3.05) is 26.7 Å². The molecule has 0 aromatic carbocycles. The lowest BCUT2D eigenvalue weighted by molar-refractivity contribution is -0.126. The maximum absolute atomic E-state index is 12.0. The fraction of sp³-hybridized carbons (Fsp3) is 0.562. The summed E-state index contributed by atoms with van der Waals surface area (Å²) in [6, 6.07) is 0. The van der Waals surface area contributed by atoms with Crippen LogP contribution in [0.15, 0.2) is 37.0 Å². The lowest BCUT2D eigenvalue weighted by atomic mass is 9.96. The fourth-order valence-electron chi connectivity index (χ4n) is 2.32. The number of hydrogen-bond acceptors (Lipinski definition) is 2. The summed E-state index contributed by atoms with van der Waals surface area (Å²) >= 11 is 0. The highest BCUT2D eigenvalue weighted by Gasteiger charge is 2.22. The van der Waals surface area contributed by atoms with Crippen LogP contribution in [0.25, 0.3) is 0 Å². The Kier molecular flexibility index (Phi) is 7.19. The predicted octanol–water partition coefficient (Wildman–Crippen LogP) is 2.52. The molecule has 0 bridgehead atoms. The number of nitrogens with one attached hydrogen (secondary N) is 1. The van der Waals surface area contributed by atoms with Gasteiger partial charge in [-0.15, -0.1) is 0 Å². The molecule has 0 unspecified atom stereocenters. The SMILES string of the molecule is C=C/C=C(\C=C)CCCNC(=O)C1CCN(C)CC1. The molecule has 0 aromatic rings. The van der Waals surface area contributed by atoms with E-state index in [1.165, 1.54) is 5.57 Å². The zero-order chi connectivity index (χ0) is 14.1. The van der Waals surface area contributed by atoms with E-state index in [1.54, 1.807) is 6.08 Å². The van der Waals surface area contributed by atoms with Gasteiger partial charge in [0.1, 0.15) is 0 Å². The van der Waals surface area contributed by atoms with Crippen molar-refractivity contribution in [2.24, 2.45) is 5.92 Å². The molecule has 106 valence electrons. The van der Waals surface area contributed by atoms with Gasteiger partial charge < -0.3 is 10.2 Å². The van der Waals surface area contributed by atoms with Gasteiger partial charge in [0.25, 0.3) is 0 Å². The number of allylic oxidation sites excluding steroid dienone is 4. The normalized spacial score (nSPS) is 18.1. The van der Waals surface area contributed by atoms with Crippen molar-refractivity contribution in [1.29, 1.82) is 0 Å². The summed E-state index contributed by atoms with van der Waals surface area (Å²) < 4.78 is 0. The molecular formula is C16H26N2O. The molecule has 0 aromatic heterocycles. The molecule has 1 aliphatic heterocycles. The van der Waals surface area contributed by atoms with Crippen LogP contribution in [0.1, 0.15) is 25.7 Å². The van der Waals surface area contributed by atoms with E-state index in [2.05, 4.69) is 30.4 Å². The molecular weight excluding hydrogens is 236 g/mol. The highest BCUT2D eigenvalue weighted by molar-refractivity contribution is 5.78. The molecule has 19 heavy (non-hydrogen) atoms. The third-order valence-corrected chi connectivity index (χ3v) is 3.62. The Morgan fingerprint density at radius 1 is 1.37 bits per heavy atom. The van der Waals surface area contributed by atoms with Gasteiger partial charge >= 0.3 is 0 Å². The number of likely N-dealkylation sites (tertiary alicyclic amines) is 1. The number of carbonyl (C=O) groups excluding carboxylic acids is 1. The van der Waals surface area contributed by atoms with Crippen molar-refractivity contribution in [1.82, 2.24) is 10.2 Å². The van der Waals surface area contributed by atoms with Crippen molar-refractivity contribution >= 4 is 5.91 Å². The molecule has 0 saturated carbocycles. The van der Waals surface area contributed by atoms with Crippen LogP contribution in [0, 0.1) is 5.92 Å². The average molecular weight is 262 g/mol. The van der Waals surface area contributed by atoms with Gasteiger partial charge in [0.2, 0.25) is 5.91 Å². The second kappa shape index (κ2) is 8.70. The maximum atomic E-state index is 12.0. The molecule has 0 aliphatic carbocycles. The van der Waals surface area contributed by atoms with Crippen molar-refractivity contribution < 1.29 is 4.79 Å². The Labute approximate surface area is 117 Å². The number of carbonyl (C=O) groups is 1. The first kappa shape index (κ1) is 15.7. The van der Waals surface area contributed by atoms with Gasteiger partial charge in [0.05, 0.1) is 0 Å². The van der Waals surface area contributed by atoms with Gasteiger partial charge in [0, 0.05) is 12.5 Å². The molecule has 1 rings (SSSR count). The summed E-state index contributed by atoms with van der Waals surface area (Å²) in [5.41, 5.74) is 1.17. The Hall–Kier alpha value is -1.35. The standard InChI is InChI=1S/C16H26N2O/c1-4-7-14(5-2)8-6-11-17-16(19)15-9-12-18(3)13-10-15/h4-5,7,15H,1-2,6,8-13H2,3H3,(H,17,19)/b14-7+. The Balaban J connectivity index is 2.18. The Morgan fingerprint density at radius 3 is 2.63 bits per heavy atom. The third-order valence-electron chi connectivity index (χ3n) is 3.62. The summed E-state index contributed by atoms with van der Waals surface area (Å²) in [6.07, 6.45) is 9.43. The van der Waals surface area contributed by atoms with Crippen molar-refractivity contribution in [2.45, 2.75) is 25.7 Å². The van der Waals surface area contributed by atoms with Crippen LogP contribution in [0.4, 0.5) is 0 Å². The Morgan fingerprint density at radius 2 is 2.05 bits per heavy atom. The molecule has 0 atom stereocenters. The number of amides is 1. The molecule has 1 saturated heterocycles. The van der Waals surface area contributed by atoms with Gasteiger partial charge in [0.15, 0.2) is 0 Å². The van der Waals surface area contributed by atoms with Crippen molar-refractivity contribution in [3.8, 4) is 0 Å². The van der Waals surface area contributed by atoms with Crippen LogP contribution in [0.5, 0.6) is 0 Å². The Bertz CT molecular complexity index is 339. The van der Waals surface area contributed by atoms with Gasteiger partial charge in [-0.1, -0.05) is 31.4 Å². The van der Waals surface area contributed by atoms with E-state index < -0.39 is 0 Å². The van der Waals surface area contributed by atoms with Gasteiger partial charge in [-0.05, 0) is 51.4 Å². The minimum atomic E-state index is 0.207. The first-order valence-electron chi connectivity index (χ1n) is 7.07. The van der Waals surface area contributed by atoms with Crippen LogP contribution >= 0.6 is 0 Å².